The minimum Gasteiger partial charge on any atom is -0.489 e. The second kappa shape index (κ2) is 11.3. The van der Waals surface area contributed by atoms with Gasteiger partial charge < -0.3 is 15.2 Å². The molecule has 0 radical (unpaired) electrons. The predicted molar refractivity (Wildman–Crippen MR) is 133 cm³/mol. The van der Waals surface area contributed by atoms with Gasteiger partial charge in [0.2, 0.25) is 0 Å². The zero-order valence-electron chi connectivity index (χ0n) is 18.4. The summed E-state index contributed by atoms with van der Waals surface area (Å²) in [5.41, 5.74) is 5.61. The highest BCUT2D eigenvalue weighted by atomic mass is 35.5. The van der Waals surface area contributed by atoms with E-state index in [4.69, 9.17) is 32.8 Å². The number of amides is 1. The summed E-state index contributed by atoms with van der Waals surface area (Å²) in [4.78, 5) is 29.8. The Kier molecular flexibility index (Phi) is 7.92. The molecule has 1 aliphatic heterocycles. The number of halogens is 2. The highest BCUT2D eigenvalue weighted by molar-refractivity contribution is 6.35. The van der Waals surface area contributed by atoms with E-state index < -0.39 is 24.0 Å². The first-order chi connectivity index (χ1) is 16.9. The van der Waals surface area contributed by atoms with Gasteiger partial charge in [-0.1, -0.05) is 71.7 Å². The van der Waals surface area contributed by atoms with Crippen LogP contribution in [0.5, 0.6) is 5.75 Å². The van der Waals surface area contributed by atoms with Crippen LogP contribution in [0.3, 0.4) is 0 Å². The molecule has 1 aliphatic rings. The molecule has 35 heavy (non-hydrogen) atoms. The summed E-state index contributed by atoms with van der Waals surface area (Å²) in [6, 6.07) is 20.4. The van der Waals surface area contributed by atoms with Gasteiger partial charge in [-0.3, -0.25) is 15.1 Å². The van der Waals surface area contributed by atoms with Crippen molar-refractivity contribution in [2.24, 2.45) is 0 Å². The number of hydroxylamine groups is 1. The van der Waals surface area contributed by atoms with Gasteiger partial charge in [0.05, 0.1) is 5.70 Å². The molecule has 1 unspecified atom stereocenters. The molecule has 0 aromatic heterocycles. The number of ether oxygens (including phenoxy) is 1. The van der Waals surface area contributed by atoms with Crippen molar-refractivity contribution in [1.82, 2.24) is 10.8 Å². The van der Waals surface area contributed by atoms with Gasteiger partial charge in [0.25, 0.3) is 5.91 Å². The van der Waals surface area contributed by atoms with Gasteiger partial charge in [0, 0.05) is 22.0 Å². The lowest BCUT2D eigenvalue weighted by molar-refractivity contribution is -0.143. The summed E-state index contributed by atoms with van der Waals surface area (Å²) in [7, 11) is 0. The third-order valence-corrected chi connectivity index (χ3v) is 6.09. The Balaban J connectivity index is 1.35. The van der Waals surface area contributed by atoms with Gasteiger partial charge in [-0.15, -0.1) is 0 Å². The van der Waals surface area contributed by atoms with Crippen LogP contribution < -0.4 is 15.5 Å². The zero-order chi connectivity index (χ0) is 24.8. The third-order valence-electron chi connectivity index (χ3n) is 5.38. The SMILES string of the molecule is O=C(O)C(Cc1ccc(OCc2c(Cl)cccc2Cl)cc1)NC(=O)[C@@H]1C=C(c2ccccc2)NO1. The van der Waals surface area contributed by atoms with E-state index in [9.17, 15) is 14.7 Å². The molecule has 0 aliphatic carbocycles. The standard InChI is InChI=1S/C26H22Cl2N2O5/c27-20-7-4-8-21(28)19(20)15-34-18-11-9-16(10-12-18)13-23(26(32)33)29-25(31)24-14-22(30-35-24)17-5-2-1-3-6-17/h1-12,14,23-24,30H,13,15H2,(H,29,31)(H,32,33)/t23?,24-/m0/s1. The van der Waals surface area contributed by atoms with E-state index in [2.05, 4.69) is 10.8 Å². The normalized spacial score (nSPS) is 15.6. The van der Waals surface area contributed by atoms with Crippen LogP contribution in [0, 0.1) is 0 Å². The number of hydrogen-bond donors (Lipinski definition) is 3. The fourth-order valence-corrected chi connectivity index (χ4v) is 3.99. The first kappa shape index (κ1) is 24.6. The van der Waals surface area contributed by atoms with Crippen LogP contribution in [0.4, 0.5) is 0 Å². The van der Waals surface area contributed by atoms with Crippen LogP contribution in [0.15, 0.2) is 78.9 Å². The van der Waals surface area contributed by atoms with E-state index >= 15 is 0 Å². The quantitative estimate of drug-likeness (QED) is 0.386. The fraction of sp³-hybridized carbons (Fsp3) is 0.154. The second-order valence-corrected chi connectivity index (χ2v) is 8.64. The maximum Gasteiger partial charge on any atom is 0.326 e. The Morgan fingerprint density at radius 2 is 1.69 bits per heavy atom. The zero-order valence-corrected chi connectivity index (χ0v) is 19.9. The molecule has 1 heterocycles. The Morgan fingerprint density at radius 1 is 1.00 bits per heavy atom. The molecule has 3 aromatic rings. The number of nitrogens with one attached hydrogen (secondary N) is 2. The summed E-state index contributed by atoms with van der Waals surface area (Å²) in [6.45, 7) is 0.194. The third kappa shape index (κ3) is 6.33. The Labute approximate surface area is 212 Å². The highest BCUT2D eigenvalue weighted by Gasteiger charge is 2.29. The molecule has 1 amide bonds. The maximum atomic E-state index is 12.6. The largest absolute Gasteiger partial charge is 0.489 e. The van der Waals surface area contributed by atoms with Crippen molar-refractivity contribution >= 4 is 40.8 Å². The molecule has 0 saturated heterocycles. The van der Waals surface area contributed by atoms with Gasteiger partial charge in [-0.25, -0.2) is 4.79 Å². The Morgan fingerprint density at radius 3 is 2.34 bits per heavy atom. The summed E-state index contributed by atoms with van der Waals surface area (Å²) < 4.78 is 5.75. The molecular weight excluding hydrogens is 491 g/mol. The smallest absolute Gasteiger partial charge is 0.326 e. The minimum absolute atomic E-state index is 0.0904. The van der Waals surface area contributed by atoms with Gasteiger partial charge in [-0.05, 0) is 41.5 Å². The van der Waals surface area contributed by atoms with Crippen molar-refractivity contribution in [3.05, 3.63) is 106 Å². The van der Waals surface area contributed by atoms with E-state index in [1.807, 2.05) is 30.3 Å². The topological polar surface area (TPSA) is 96.9 Å². The van der Waals surface area contributed by atoms with E-state index in [-0.39, 0.29) is 13.0 Å². The molecule has 0 bridgehead atoms. The van der Waals surface area contributed by atoms with E-state index in [1.165, 1.54) is 0 Å². The lowest BCUT2D eigenvalue weighted by Crippen LogP contribution is -2.46. The number of aliphatic carboxylic acids is 1. The van der Waals surface area contributed by atoms with Gasteiger partial charge in [0.1, 0.15) is 18.4 Å². The Hall–Kier alpha value is -3.52. The average molecular weight is 513 g/mol. The molecular formula is C26H22Cl2N2O5. The fourth-order valence-electron chi connectivity index (χ4n) is 3.49. The number of carbonyl (C=O) groups is 2. The number of carbonyl (C=O) groups excluding carboxylic acids is 1. The highest BCUT2D eigenvalue weighted by Crippen LogP contribution is 2.26. The minimum atomic E-state index is -1.15. The monoisotopic (exact) mass is 512 g/mol. The number of carboxylic acid groups (broad SMARTS) is 1. The molecule has 4 rings (SSSR count). The van der Waals surface area contributed by atoms with Crippen molar-refractivity contribution in [3.63, 3.8) is 0 Å². The van der Waals surface area contributed by atoms with E-state index in [0.29, 0.717) is 32.6 Å². The Bertz CT molecular complexity index is 1210. The van der Waals surface area contributed by atoms with Gasteiger partial charge >= 0.3 is 5.97 Å². The van der Waals surface area contributed by atoms with Crippen molar-refractivity contribution in [3.8, 4) is 5.75 Å². The molecule has 0 fully saturated rings. The van der Waals surface area contributed by atoms with Crippen molar-refractivity contribution in [1.29, 1.82) is 0 Å². The van der Waals surface area contributed by atoms with Crippen molar-refractivity contribution in [2.75, 3.05) is 0 Å². The number of hydrogen-bond acceptors (Lipinski definition) is 5. The first-order valence-electron chi connectivity index (χ1n) is 10.8. The summed E-state index contributed by atoms with van der Waals surface area (Å²) >= 11 is 12.3. The lowest BCUT2D eigenvalue weighted by Gasteiger charge is -2.16. The van der Waals surface area contributed by atoms with Crippen molar-refractivity contribution < 1.29 is 24.3 Å². The molecule has 3 aromatic carbocycles. The maximum absolute atomic E-state index is 12.6. The number of carboxylic acids is 1. The summed E-state index contributed by atoms with van der Waals surface area (Å²) in [5, 5.41) is 13.2. The summed E-state index contributed by atoms with van der Waals surface area (Å²) in [6.07, 6.45) is 0.758. The first-order valence-corrected chi connectivity index (χ1v) is 11.5. The van der Waals surface area contributed by atoms with Crippen LogP contribution in [0.1, 0.15) is 16.7 Å². The second-order valence-electron chi connectivity index (χ2n) is 7.82. The number of benzene rings is 3. The molecule has 180 valence electrons. The molecule has 2 atom stereocenters. The summed E-state index contributed by atoms with van der Waals surface area (Å²) in [5.74, 6) is -1.12. The van der Waals surface area contributed by atoms with Crippen LogP contribution in [0.2, 0.25) is 10.0 Å². The van der Waals surface area contributed by atoms with Gasteiger partial charge in [0.15, 0.2) is 6.10 Å². The average Bonchev–Trinajstić information content (AvgIpc) is 3.35. The molecule has 0 saturated carbocycles. The predicted octanol–water partition coefficient (Wildman–Crippen LogP) is 4.63. The van der Waals surface area contributed by atoms with Crippen molar-refractivity contribution in [2.45, 2.75) is 25.2 Å². The van der Waals surface area contributed by atoms with Crippen LogP contribution in [0.25, 0.3) is 5.70 Å². The molecule has 7 nitrogen and oxygen atoms in total. The van der Waals surface area contributed by atoms with Gasteiger partial charge in [-0.2, -0.15) is 0 Å². The number of rotatable bonds is 9. The van der Waals surface area contributed by atoms with E-state index in [0.717, 1.165) is 5.56 Å². The lowest BCUT2D eigenvalue weighted by atomic mass is 10.1. The van der Waals surface area contributed by atoms with E-state index in [1.54, 1.807) is 48.5 Å². The van der Waals surface area contributed by atoms with Crippen LogP contribution in [-0.2, 0) is 27.5 Å². The van der Waals surface area contributed by atoms with Crippen LogP contribution >= 0.6 is 23.2 Å². The van der Waals surface area contributed by atoms with Crippen LogP contribution in [-0.4, -0.2) is 29.1 Å². The molecule has 9 heteroatoms. The molecule has 3 N–H and O–H groups in total. The molecule has 0 spiro atoms.